The average Bonchev–Trinajstić information content (AvgIpc) is 1.81. The van der Waals surface area contributed by atoms with E-state index >= 15 is 0 Å². The molecule has 0 aliphatic rings. The monoisotopic (exact) mass is 196 g/mol. The van der Waals surface area contributed by atoms with Gasteiger partial charge in [-0.2, -0.15) is 0 Å². The Balaban J connectivity index is 4.27. The Morgan fingerprint density at radius 1 is 1.30 bits per heavy atom. The number of rotatable bonds is 3. The predicted octanol–water partition coefficient (Wildman–Crippen LogP) is 2.13. The summed E-state index contributed by atoms with van der Waals surface area (Å²) in [5, 5.41) is 16.6. The van der Waals surface area contributed by atoms with Gasteiger partial charge in [-0.05, 0) is 24.4 Å². The molecule has 0 bridgehead atoms. The average molecular weight is 197 g/mol. The van der Waals surface area contributed by atoms with Crippen LogP contribution in [-0.4, -0.2) is 20.3 Å². The molecule has 2 N–H and O–H groups in total. The van der Waals surface area contributed by atoms with Gasteiger partial charge in [-0.25, -0.2) is 0 Å². The van der Waals surface area contributed by atoms with E-state index in [2.05, 4.69) is 24.4 Å². The van der Waals surface area contributed by atoms with Gasteiger partial charge in [0.25, 0.3) is 0 Å². The Morgan fingerprint density at radius 3 is 1.80 bits per heavy atom. The Hall–Kier alpha value is -0.190. The minimum absolute atomic E-state index is 0.385. The van der Waals surface area contributed by atoms with Crippen molar-refractivity contribution < 1.29 is 10.2 Å². The first kappa shape index (κ1) is 9.81. The number of halogens is 1. The summed E-state index contributed by atoms with van der Waals surface area (Å²) in [6.45, 7) is 0. The smallest absolute Gasteiger partial charge is 0.172 e. The van der Waals surface area contributed by atoms with Crippen LogP contribution in [0.1, 0.15) is 0 Å². The third-order valence-electron chi connectivity index (χ3n) is 0.797. The fourth-order valence-corrected chi connectivity index (χ4v) is 0.943. The van der Waals surface area contributed by atoms with Crippen molar-refractivity contribution in [3.8, 4) is 0 Å². The van der Waals surface area contributed by atoms with Crippen molar-refractivity contribution in [2.75, 3.05) is 0 Å². The lowest BCUT2D eigenvalue weighted by molar-refractivity contribution is 0.508. The molecule has 0 fully saturated rings. The second-order valence-corrected chi connectivity index (χ2v) is 2.56. The van der Waals surface area contributed by atoms with Gasteiger partial charge in [0, 0.05) is 5.54 Å². The van der Waals surface area contributed by atoms with Crippen LogP contribution in [0.4, 0.5) is 0 Å². The van der Waals surface area contributed by atoms with Crippen molar-refractivity contribution in [3.05, 3.63) is 11.6 Å². The van der Waals surface area contributed by atoms with Gasteiger partial charge in [0.15, 0.2) is 10.1 Å². The molecular formula is C5H5ClO2S2. The van der Waals surface area contributed by atoms with E-state index in [0.29, 0.717) is 0 Å². The predicted molar refractivity (Wildman–Crippen MR) is 48.9 cm³/mol. The molecule has 2 nitrogen and oxygen atoms in total. The molecule has 5 heteroatoms. The van der Waals surface area contributed by atoms with Gasteiger partial charge in [-0.1, -0.05) is 17.7 Å². The van der Waals surface area contributed by atoms with Crippen LogP contribution < -0.4 is 0 Å². The summed E-state index contributed by atoms with van der Waals surface area (Å²) in [6.07, 6.45) is 1.30. The van der Waals surface area contributed by atoms with E-state index in [-0.39, 0.29) is 10.1 Å². The molecule has 0 radical (unpaired) electrons. The molecule has 0 aromatic heterocycles. The zero-order valence-electron chi connectivity index (χ0n) is 4.82. The van der Waals surface area contributed by atoms with Crippen LogP contribution in [0.25, 0.3) is 0 Å². The fourth-order valence-electron chi connectivity index (χ4n) is 0.343. The lowest BCUT2D eigenvalue weighted by Crippen LogP contribution is -2.17. The highest BCUT2D eigenvalue weighted by Crippen LogP contribution is 2.03. The van der Waals surface area contributed by atoms with Crippen LogP contribution >= 0.6 is 36.0 Å². The van der Waals surface area contributed by atoms with Crippen LogP contribution in [0, 0.1) is 5.92 Å². The number of hydrogen-bond donors (Lipinski definition) is 2. The molecule has 0 amide bonds. The molecule has 0 heterocycles. The van der Waals surface area contributed by atoms with Crippen molar-refractivity contribution in [3.63, 3.8) is 0 Å². The van der Waals surface area contributed by atoms with Crippen molar-refractivity contribution in [2.45, 2.75) is 0 Å². The van der Waals surface area contributed by atoms with Gasteiger partial charge in [0.05, 0.1) is 0 Å². The molecule has 0 saturated carbocycles. The van der Waals surface area contributed by atoms with Gasteiger partial charge in [0.2, 0.25) is 0 Å². The third-order valence-corrected chi connectivity index (χ3v) is 1.45. The van der Waals surface area contributed by atoms with Crippen LogP contribution in [0.3, 0.4) is 0 Å². The number of thiocarbonyl (C=S) groups is 2. The van der Waals surface area contributed by atoms with Crippen LogP contribution in [-0.2, 0) is 0 Å². The van der Waals surface area contributed by atoms with E-state index in [1.807, 2.05) is 0 Å². The van der Waals surface area contributed by atoms with Crippen LogP contribution in [0.5, 0.6) is 0 Å². The Labute approximate surface area is 74.1 Å². The first-order valence-corrected chi connectivity index (χ1v) is 3.57. The van der Waals surface area contributed by atoms with Crippen molar-refractivity contribution in [1.82, 2.24) is 0 Å². The molecule has 10 heavy (non-hydrogen) atoms. The Morgan fingerprint density at radius 2 is 1.70 bits per heavy atom. The molecule has 56 valence electrons. The summed E-state index contributed by atoms with van der Waals surface area (Å²) in [6, 6.07) is 0. The summed E-state index contributed by atoms with van der Waals surface area (Å²) in [4.78, 5) is 0. The van der Waals surface area contributed by atoms with E-state index in [4.69, 9.17) is 21.8 Å². The van der Waals surface area contributed by atoms with Gasteiger partial charge in [0.1, 0.15) is 5.92 Å². The van der Waals surface area contributed by atoms with Gasteiger partial charge in [-0.3, -0.25) is 0 Å². The summed E-state index contributed by atoms with van der Waals surface area (Å²) >= 11 is 13.9. The summed E-state index contributed by atoms with van der Waals surface area (Å²) in [5.41, 5.74) is 1.13. The fraction of sp³-hybridized carbons (Fsp3) is 0.200. The maximum absolute atomic E-state index is 8.69. The van der Waals surface area contributed by atoms with Gasteiger partial charge >= 0.3 is 0 Å². The topological polar surface area (TPSA) is 40.5 Å². The Kier molecular flexibility index (Phi) is 4.51. The van der Waals surface area contributed by atoms with E-state index in [1.165, 1.54) is 6.08 Å². The van der Waals surface area contributed by atoms with Crippen molar-refractivity contribution >= 4 is 46.1 Å². The summed E-state index contributed by atoms with van der Waals surface area (Å²) < 4.78 is 0. The second kappa shape index (κ2) is 4.60. The number of aliphatic hydroxyl groups is 2. The summed E-state index contributed by atoms with van der Waals surface area (Å²) in [7, 11) is 0. The molecule has 0 spiro atoms. The molecule has 0 atom stereocenters. The van der Waals surface area contributed by atoms with E-state index in [9.17, 15) is 0 Å². The molecule has 0 aliphatic heterocycles. The van der Waals surface area contributed by atoms with Crippen molar-refractivity contribution in [2.24, 2.45) is 5.92 Å². The van der Waals surface area contributed by atoms with E-state index < -0.39 is 5.92 Å². The van der Waals surface area contributed by atoms with Gasteiger partial charge < -0.3 is 10.2 Å². The summed E-state index contributed by atoms with van der Waals surface area (Å²) in [5.74, 6) is -0.803. The number of hydrogen-bond acceptors (Lipinski definition) is 2. The minimum atomic E-state index is -0.803. The quantitative estimate of drug-likeness (QED) is 0.679. The van der Waals surface area contributed by atoms with E-state index in [0.717, 1.165) is 5.54 Å². The molecule has 0 rings (SSSR count). The first-order valence-electron chi connectivity index (χ1n) is 2.32. The minimum Gasteiger partial charge on any atom is -0.501 e. The maximum Gasteiger partial charge on any atom is 0.172 e. The zero-order chi connectivity index (χ0) is 8.15. The molecule has 0 aromatic carbocycles. The van der Waals surface area contributed by atoms with Gasteiger partial charge in [-0.15, -0.1) is 0 Å². The normalized spacial score (nSPS) is 10.6. The second-order valence-electron chi connectivity index (χ2n) is 1.47. The lowest BCUT2D eigenvalue weighted by Gasteiger charge is -2.03. The largest absolute Gasteiger partial charge is 0.501 e. The molecule has 0 aliphatic carbocycles. The first-order chi connectivity index (χ1) is 4.59. The third kappa shape index (κ3) is 3.10. The molecule has 0 unspecified atom stereocenters. The van der Waals surface area contributed by atoms with Crippen LogP contribution in [0.15, 0.2) is 11.6 Å². The zero-order valence-corrected chi connectivity index (χ0v) is 7.21. The van der Waals surface area contributed by atoms with E-state index in [1.54, 1.807) is 0 Å². The SMILES string of the molecule is OC(=S)C(C=CCl)C(O)=S. The maximum atomic E-state index is 8.69. The molecule has 0 aromatic rings. The Bertz CT molecular complexity index is 164. The standard InChI is InChI=1S/C5H5ClO2S2/c6-2-1-3(4(7)9)5(8)10/h1-3H,(H,7,9)(H,8,10). The molecular weight excluding hydrogens is 192 g/mol. The number of aliphatic hydroxyl groups excluding tert-OH is 2. The molecule has 0 saturated heterocycles. The highest BCUT2D eigenvalue weighted by Gasteiger charge is 2.13. The highest BCUT2D eigenvalue weighted by molar-refractivity contribution is 7.81. The lowest BCUT2D eigenvalue weighted by atomic mass is 10.2. The highest BCUT2D eigenvalue weighted by atomic mass is 35.5. The van der Waals surface area contributed by atoms with Crippen LogP contribution in [0.2, 0.25) is 0 Å². The van der Waals surface area contributed by atoms with Crippen molar-refractivity contribution in [1.29, 1.82) is 0 Å².